The summed E-state index contributed by atoms with van der Waals surface area (Å²) in [5, 5.41) is 11.4. The predicted octanol–water partition coefficient (Wildman–Crippen LogP) is 3.03. The van der Waals surface area contributed by atoms with E-state index in [0.29, 0.717) is 24.9 Å². The number of aromatic carboxylic acids is 1. The maximum atomic E-state index is 13.7. The van der Waals surface area contributed by atoms with Gasteiger partial charge in [0.05, 0.1) is 11.3 Å². The zero-order valence-electron chi connectivity index (χ0n) is 12.1. The first-order valence-electron chi connectivity index (χ1n) is 6.97. The molecule has 2 amide bonds. The van der Waals surface area contributed by atoms with E-state index in [1.54, 1.807) is 4.90 Å². The number of hydrogen-bond donors (Lipinski definition) is 2. The van der Waals surface area contributed by atoms with E-state index in [0.717, 1.165) is 24.6 Å². The molecular weight excluding hydrogens is 275 g/mol. The molecule has 21 heavy (non-hydrogen) atoms. The SMILES string of the molecule is CC1CCN(C(=O)Nc2cc(C(=O)O)ccc2F)CC1C. The fourth-order valence-electron chi connectivity index (χ4n) is 2.40. The molecule has 1 heterocycles. The Balaban J connectivity index is 2.09. The van der Waals surface area contributed by atoms with Crippen molar-refractivity contribution < 1.29 is 19.1 Å². The van der Waals surface area contributed by atoms with Gasteiger partial charge in [-0.05, 0) is 36.5 Å². The molecule has 1 saturated heterocycles. The van der Waals surface area contributed by atoms with Gasteiger partial charge in [0.15, 0.2) is 0 Å². The van der Waals surface area contributed by atoms with E-state index in [1.807, 2.05) is 0 Å². The number of benzene rings is 1. The highest BCUT2D eigenvalue weighted by molar-refractivity contribution is 5.93. The van der Waals surface area contributed by atoms with E-state index in [9.17, 15) is 14.0 Å². The molecule has 0 bridgehead atoms. The van der Waals surface area contributed by atoms with Crippen molar-refractivity contribution in [2.24, 2.45) is 11.8 Å². The Morgan fingerprint density at radius 1 is 1.33 bits per heavy atom. The lowest BCUT2D eigenvalue weighted by molar-refractivity contribution is 0.0697. The van der Waals surface area contributed by atoms with Crippen LogP contribution in [-0.4, -0.2) is 35.1 Å². The molecule has 0 aliphatic carbocycles. The number of urea groups is 1. The number of rotatable bonds is 2. The molecule has 1 fully saturated rings. The second-order valence-corrected chi connectivity index (χ2v) is 5.62. The van der Waals surface area contributed by atoms with Crippen LogP contribution in [0.1, 0.15) is 30.6 Å². The maximum absolute atomic E-state index is 13.7. The second kappa shape index (κ2) is 6.11. The standard InChI is InChI=1S/C15H19FN2O3/c1-9-5-6-18(8-10(9)2)15(21)17-13-7-11(14(19)20)3-4-12(13)16/h3-4,7,9-10H,5-6,8H2,1-2H3,(H,17,21)(H,19,20). The van der Waals surface area contributed by atoms with Crippen molar-refractivity contribution in [2.45, 2.75) is 20.3 Å². The summed E-state index contributed by atoms with van der Waals surface area (Å²) in [4.78, 5) is 24.7. The summed E-state index contributed by atoms with van der Waals surface area (Å²) < 4.78 is 13.7. The van der Waals surface area contributed by atoms with Crippen LogP contribution in [-0.2, 0) is 0 Å². The highest BCUT2D eigenvalue weighted by atomic mass is 19.1. The Morgan fingerprint density at radius 2 is 2.05 bits per heavy atom. The summed E-state index contributed by atoms with van der Waals surface area (Å²) in [5.74, 6) is -0.862. The third-order valence-corrected chi connectivity index (χ3v) is 4.08. The van der Waals surface area contributed by atoms with Crippen molar-refractivity contribution in [1.29, 1.82) is 0 Å². The quantitative estimate of drug-likeness (QED) is 0.880. The normalized spacial score (nSPS) is 22.0. The van der Waals surface area contributed by atoms with Gasteiger partial charge in [0, 0.05) is 13.1 Å². The Bertz CT molecular complexity index is 562. The number of amides is 2. The lowest BCUT2D eigenvalue weighted by atomic mass is 9.89. The minimum absolute atomic E-state index is 0.0627. The molecule has 5 nitrogen and oxygen atoms in total. The lowest BCUT2D eigenvalue weighted by Crippen LogP contribution is -2.44. The molecule has 0 saturated carbocycles. The second-order valence-electron chi connectivity index (χ2n) is 5.62. The Hall–Kier alpha value is -2.11. The van der Waals surface area contributed by atoms with Crippen LogP contribution in [0, 0.1) is 17.7 Å². The number of carboxylic acids is 1. The van der Waals surface area contributed by atoms with Gasteiger partial charge in [-0.1, -0.05) is 13.8 Å². The van der Waals surface area contributed by atoms with Crippen molar-refractivity contribution in [1.82, 2.24) is 4.90 Å². The minimum atomic E-state index is -1.16. The molecular formula is C15H19FN2O3. The zero-order chi connectivity index (χ0) is 15.6. The molecule has 2 rings (SSSR count). The van der Waals surface area contributed by atoms with Crippen LogP contribution in [0.2, 0.25) is 0 Å². The molecule has 114 valence electrons. The number of likely N-dealkylation sites (tertiary alicyclic amines) is 1. The highest BCUT2D eigenvalue weighted by Crippen LogP contribution is 2.23. The van der Waals surface area contributed by atoms with E-state index in [-0.39, 0.29) is 11.3 Å². The molecule has 0 radical (unpaired) electrons. The summed E-state index contributed by atoms with van der Waals surface area (Å²) >= 11 is 0. The lowest BCUT2D eigenvalue weighted by Gasteiger charge is -2.35. The summed E-state index contributed by atoms with van der Waals surface area (Å²) in [5.41, 5.74) is -0.168. The summed E-state index contributed by atoms with van der Waals surface area (Å²) in [6.07, 6.45) is 0.909. The van der Waals surface area contributed by atoms with E-state index >= 15 is 0 Å². The van der Waals surface area contributed by atoms with Gasteiger partial charge in [0.1, 0.15) is 5.82 Å². The van der Waals surface area contributed by atoms with Crippen molar-refractivity contribution in [3.63, 3.8) is 0 Å². The Kier molecular flexibility index (Phi) is 4.45. The summed E-state index contributed by atoms with van der Waals surface area (Å²) in [7, 11) is 0. The number of carbonyl (C=O) groups is 2. The molecule has 0 aromatic heterocycles. The van der Waals surface area contributed by atoms with Crippen LogP contribution in [0.4, 0.5) is 14.9 Å². The molecule has 6 heteroatoms. The third kappa shape index (κ3) is 3.51. The highest BCUT2D eigenvalue weighted by Gasteiger charge is 2.26. The molecule has 2 N–H and O–H groups in total. The molecule has 1 aromatic carbocycles. The Labute approximate surface area is 122 Å². The monoisotopic (exact) mass is 294 g/mol. The third-order valence-electron chi connectivity index (χ3n) is 4.08. The van der Waals surface area contributed by atoms with Gasteiger partial charge in [0.25, 0.3) is 0 Å². The number of carbonyl (C=O) groups excluding carboxylic acids is 1. The topological polar surface area (TPSA) is 69.6 Å². The van der Waals surface area contributed by atoms with E-state index < -0.39 is 17.8 Å². The average Bonchev–Trinajstić information content (AvgIpc) is 2.43. The number of nitrogens with one attached hydrogen (secondary N) is 1. The number of carboxylic acid groups (broad SMARTS) is 1. The first-order chi connectivity index (χ1) is 9.88. The van der Waals surface area contributed by atoms with Crippen LogP contribution in [0.25, 0.3) is 0 Å². The number of piperidine rings is 1. The summed E-state index contributed by atoms with van der Waals surface area (Å²) in [6, 6.07) is 2.94. The van der Waals surface area contributed by atoms with Crippen LogP contribution >= 0.6 is 0 Å². The van der Waals surface area contributed by atoms with Crippen LogP contribution in [0.5, 0.6) is 0 Å². The first-order valence-corrected chi connectivity index (χ1v) is 6.97. The molecule has 1 aromatic rings. The van der Waals surface area contributed by atoms with Gasteiger partial charge in [-0.3, -0.25) is 0 Å². The van der Waals surface area contributed by atoms with E-state index in [1.165, 1.54) is 0 Å². The molecule has 2 unspecified atom stereocenters. The van der Waals surface area contributed by atoms with Crippen molar-refractivity contribution in [3.05, 3.63) is 29.6 Å². The van der Waals surface area contributed by atoms with Crippen molar-refractivity contribution >= 4 is 17.7 Å². The maximum Gasteiger partial charge on any atom is 0.335 e. The van der Waals surface area contributed by atoms with Gasteiger partial charge >= 0.3 is 12.0 Å². The number of nitrogens with zero attached hydrogens (tertiary/aromatic N) is 1. The van der Waals surface area contributed by atoms with Crippen LogP contribution in [0.15, 0.2) is 18.2 Å². The number of hydrogen-bond acceptors (Lipinski definition) is 2. The summed E-state index contributed by atoms with van der Waals surface area (Å²) in [6.45, 7) is 5.47. The zero-order valence-corrected chi connectivity index (χ0v) is 12.1. The average molecular weight is 294 g/mol. The molecule has 1 aliphatic heterocycles. The van der Waals surface area contributed by atoms with E-state index in [2.05, 4.69) is 19.2 Å². The first kappa shape index (κ1) is 15.3. The van der Waals surface area contributed by atoms with Crippen LogP contribution < -0.4 is 5.32 Å². The van der Waals surface area contributed by atoms with Gasteiger partial charge in [-0.25, -0.2) is 14.0 Å². The van der Waals surface area contributed by atoms with Crippen LogP contribution in [0.3, 0.4) is 0 Å². The van der Waals surface area contributed by atoms with Gasteiger partial charge in [-0.2, -0.15) is 0 Å². The largest absolute Gasteiger partial charge is 0.478 e. The van der Waals surface area contributed by atoms with Gasteiger partial charge in [-0.15, -0.1) is 0 Å². The molecule has 2 atom stereocenters. The van der Waals surface area contributed by atoms with Crippen molar-refractivity contribution in [2.75, 3.05) is 18.4 Å². The number of anilines is 1. The smallest absolute Gasteiger partial charge is 0.335 e. The minimum Gasteiger partial charge on any atom is -0.478 e. The Morgan fingerprint density at radius 3 is 2.67 bits per heavy atom. The fourth-order valence-corrected chi connectivity index (χ4v) is 2.40. The van der Waals surface area contributed by atoms with Crippen molar-refractivity contribution in [3.8, 4) is 0 Å². The fraction of sp³-hybridized carbons (Fsp3) is 0.467. The number of halogens is 1. The van der Waals surface area contributed by atoms with Gasteiger partial charge < -0.3 is 15.3 Å². The molecule has 1 aliphatic rings. The van der Waals surface area contributed by atoms with Gasteiger partial charge in [0.2, 0.25) is 0 Å². The predicted molar refractivity (Wildman–Crippen MR) is 76.9 cm³/mol. The van der Waals surface area contributed by atoms with E-state index in [4.69, 9.17) is 5.11 Å². The molecule has 0 spiro atoms.